The zero-order valence-corrected chi connectivity index (χ0v) is 8.88. The maximum atomic E-state index is 11.7. The van der Waals surface area contributed by atoms with Crippen LogP contribution in [0.4, 0.5) is 0 Å². The van der Waals surface area contributed by atoms with Crippen LogP contribution in [0.3, 0.4) is 0 Å². The van der Waals surface area contributed by atoms with E-state index in [-0.39, 0.29) is 25.2 Å². The Morgan fingerprint density at radius 1 is 1.38 bits per heavy atom. The van der Waals surface area contributed by atoms with Crippen LogP contribution in [-0.4, -0.2) is 25.2 Å². The molecule has 0 atom stereocenters. The molecule has 76 valence electrons. The highest BCUT2D eigenvalue weighted by Gasteiger charge is 2.25. The van der Waals surface area contributed by atoms with Crippen molar-refractivity contribution in [2.24, 2.45) is 0 Å². The Morgan fingerprint density at radius 3 is 2.15 bits per heavy atom. The Labute approximate surface area is 78.5 Å². The molecular weight excluding hydrogens is 191 g/mol. The van der Waals surface area contributed by atoms with E-state index in [0.29, 0.717) is 0 Å². The quantitative estimate of drug-likeness (QED) is 0.472. The Hall–Kier alpha value is -0.440. The van der Waals surface area contributed by atoms with Gasteiger partial charge in [-0.15, -0.1) is 0 Å². The molecule has 0 fully saturated rings. The lowest BCUT2D eigenvalue weighted by atomic mass is 10.5. The molecule has 13 heavy (non-hydrogen) atoms. The smallest absolute Gasteiger partial charge is 0.309 e. The fourth-order valence-electron chi connectivity index (χ4n) is 0.777. The lowest BCUT2D eigenvalue weighted by Crippen LogP contribution is -2.07. The maximum absolute atomic E-state index is 11.7. The van der Waals surface area contributed by atoms with Crippen LogP contribution >= 0.6 is 7.60 Å². The zero-order valence-electron chi connectivity index (χ0n) is 7.99. The molecule has 0 saturated carbocycles. The van der Waals surface area contributed by atoms with Gasteiger partial charge in [0.15, 0.2) is 5.78 Å². The van der Waals surface area contributed by atoms with Crippen molar-refractivity contribution in [3.05, 3.63) is 12.7 Å². The molecule has 0 spiro atoms. The minimum absolute atomic E-state index is 0.224. The van der Waals surface area contributed by atoms with Crippen LogP contribution in [0.2, 0.25) is 0 Å². The molecule has 0 saturated heterocycles. The number of rotatable bonds is 7. The first kappa shape index (κ1) is 12.6. The van der Waals surface area contributed by atoms with E-state index in [2.05, 4.69) is 6.58 Å². The van der Waals surface area contributed by atoms with Crippen LogP contribution in [0.1, 0.15) is 13.8 Å². The van der Waals surface area contributed by atoms with Gasteiger partial charge in [-0.25, -0.2) is 0 Å². The van der Waals surface area contributed by atoms with Crippen LogP contribution in [0.15, 0.2) is 12.7 Å². The van der Waals surface area contributed by atoms with E-state index in [9.17, 15) is 9.36 Å². The molecule has 0 bridgehead atoms. The van der Waals surface area contributed by atoms with Crippen molar-refractivity contribution in [1.82, 2.24) is 0 Å². The summed E-state index contributed by atoms with van der Waals surface area (Å²) in [5.74, 6) is -0.328. The summed E-state index contributed by atoms with van der Waals surface area (Å²) in [6.45, 7) is 7.21. The number of carbonyl (C=O) groups is 1. The van der Waals surface area contributed by atoms with E-state index < -0.39 is 7.60 Å². The third kappa shape index (κ3) is 4.98. The van der Waals surface area contributed by atoms with Crippen LogP contribution in [0, 0.1) is 0 Å². The van der Waals surface area contributed by atoms with Crippen molar-refractivity contribution in [2.75, 3.05) is 19.4 Å². The first-order valence-electron chi connectivity index (χ1n) is 4.11. The molecule has 0 aliphatic rings. The lowest BCUT2D eigenvalue weighted by Gasteiger charge is -2.14. The van der Waals surface area contributed by atoms with Crippen LogP contribution in [0.25, 0.3) is 0 Å². The summed E-state index contributed by atoms with van der Waals surface area (Å²) in [6, 6.07) is 0. The Bertz CT molecular complexity index is 214. The van der Waals surface area contributed by atoms with Gasteiger partial charge in [0, 0.05) is 0 Å². The number of ketones is 1. The highest BCUT2D eigenvalue weighted by molar-refractivity contribution is 7.54. The average molecular weight is 206 g/mol. The van der Waals surface area contributed by atoms with Crippen molar-refractivity contribution in [3.8, 4) is 0 Å². The van der Waals surface area contributed by atoms with E-state index in [4.69, 9.17) is 9.05 Å². The minimum atomic E-state index is -3.21. The molecule has 0 unspecified atom stereocenters. The van der Waals surface area contributed by atoms with E-state index in [0.717, 1.165) is 6.08 Å². The number of hydrogen-bond acceptors (Lipinski definition) is 4. The molecule has 0 aromatic rings. The molecule has 0 aliphatic heterocycles. The van der Waals surface area contributed by atoms with Crippen LogP contribution in [0.5, 0.6) is 0 Å². The summed E-state index contributed by atoms with van der Waals surface area (Å²) in [6.07, 6.45) is 0.892. The zero-order chi connectivity index (χ0) is 10.3. The first-order chi connectivity index (χ1) is 6.08. The molecule has 4 nitrogen and oxygen atoms in total. The van der Waals surface area contributed by atoms with Crippen LogP contribution in [-0.2, 0) is 18.4 Å². The standard InChI is InChI=1S/C8H15O4P/c1-4-8(9)7-13(10,11-5-2)12-6-3/h4H,1,5-7H2,2-3H3. The van der Waals surface area contributed by atoms with Gasteiger partial charge in [0.1, 0.15) is 6.16 Å². The lowest BCUT2D eigenvalue weighted by molar-refractivity contribution is -0.112. The summed E-state index contributed by atoms with van der Waals surface area (Å²) in [4.78, 5) is 10.9. The summed E-state index contributed by atoms with van der Waals surface area (Å²) < 4.78 is 21.5. The average Bonchev–Trinajstić information content (AvgIpc) is 2.04. The Morgan fingerprint density at radius 2 is 1.85 bits per heavy atom. The second kappa shape index (κ2) is 6.08. The van der Waals surface area contributed by atoms with E-state index in [1.165, 1.54) is 0 Å². The van der Waals surface area contributed by atoms with Crippen molar-refractivity contribution >= 4 is 13.4 Å². The topological polar surface area (TPSA) is 52.6 Å². The number of allylic oxidation sites excluding steroid dienone is 1. The second-order valence-corrected chi connectivity index (χ2v) is 4.33. The van der Waals surface area contributed by atoms with Gasteiger partial charge in [0.05, 0.1) is 13.2 Å². The van der Waals surface area contributed by atoms with Gasteiger partial charge < -0.3 is 9.05 Å². The van der Waals surface area contributed by atoms with Crippen molar-refractivity contribution in [3.63, 3.8) is 0 Å². The fourth-order valence-corrected chi connectivity index (χ4v) is 2.33. The highest BCUT2D eigenvalue weighted by atomic mass is 31.2. The predicted octanol–water partition coefficient (Wildman–Crippen LogP) is 2.01. The predicted molar refractivity (Wildman–Crippen MR) is 50.9 cm³/mol. The molecule has 0 rings (SSSR count). The SMILES string of the molecule is C=CC(=O)CP(=O)(OCC)OCC. The summed E-state index contributed by atoms with van der Waals surface area (Å²) in [5, 5.41) is 0. The molecule has 0 aliphatic carbocycles. The summed E-state index contributed by atoms with van der Waals surface area (Å²) >= 11 is 0. The van der Waals surface area contributed by atoms with Gasteiger partial charge >= 0.3 is 7.60 Å². The normalized spacial score (nSPS) is 11.2. The van der Waals surface area contributed by atoms with E-state index in [1.807, 2.05) is 0 Å². The van der Waals surface area contributed by atoms with Gasteiger partial charge in [0.25, 0.3) is 0 Å². The van der Waals surface area contributed by atoms with Gasteiger partial charge in [-0.2, -0.15) is 0 Å². The summed E-state index contributed by atoms with van der Waals surface area (Å²) in [5.41, 5.74) is 0. The molecule has 0 radical (unpaired) electrons. The minimum Gasteiger partial charge on any atom is -0.309 e. The van der Waals surface area contributed by atoms with Crippen LogP contribution < -0.4 is 0 Å². The molecule has 0 heterocycles. The molecular formula is C8H15O4P. The summed E-state index contributed by atoms with van der Waals surface area (Å²) in [7, 11) is -3.21. The first-order valence-corrected chi connectivity index (χ1v) is 5.84. The fraction of sp³-hybridized carbons (Fsp3) is 0.625. The van der Waals surface area contributed by atoms with Crippen molar-refractivity contribution in [2.45, 2.75) is 13.8 Å². The van der Waals surface area contributed by atoms with Gasteiger partial charge in [-0.1, -0.05) is 6.58 Å². The molecule has 5 heteroatoms. The number of hydrogen-bond donors (Lipinski definition) is 0. The largest absolute Gasteiger partial charge is 0.338 e. The highest BCUT2D eigenvalue weighted by Crippen LogP contribution is 2.47. The maximum Gasteiger partial charge on any atom is 0.338 e. The van der Waals surface area contributed by atoms with Gasteiger partial charge in [0.2, 0.25) is 0 Å². The Balaban J connectivity index is 4.31. The monoisotopic (exact) mass is 206 g/mol. The van der Waals surface area contributed by atoms with Crippen molar-refractivity contribution in [1.29, 1.82) is 0 Å². The third-order valence-electron chi connectivity index (χ3n) is 1.23. The molecule has 0 N–H and O–H groups in total. The number of carbonyl (C=O) groups excluding carboxylic acids is 1. The molecule has 0 aromatic heterocycles. The Kier molecular flexibility index (Phi) is 5.88. The van der Waals surface area contributed by atoms with Crippen molar-refractivity contribution < 1.29 is 18.4 Å². The van der Waals surface area contributed by atoms with E-state index in [1.54, 1.807) is 13.8 Å². The van der Waals surface area contributed by atoms with E-state index >= 15 is 0 Å². The third-order valence-corrected chi connectivity index (χ3v) is 3.23. The van der Waals surface area contributed by atoms with Gasteiger partial charge in [-0.05, 0) is 19.9 Å². The van der Waals surface area contributed by atoms with Gasteiger partial charge in [-0.3, -0.25) is 9.36 Å². The second-order valence-electron chi connectivity index (χ2n) is 2.28. The molecule has 0 amide bonds. The molecule has 0 aromatic carbocycles.